The van der Waals surface area contributed by atoms with Gasteiger partial charge in [-0.3, -0.25) is 0 Å². The molecule has 5 nitrogen and oxygen atoms in total. The van der Waals surface area contributed by atoms with Crippen molar-refractivity contribution < 1.29 is 12.8 Å². The Balaban J connectivity index is 1.48. The third kappa shape index (κ3) is 4.15. The molecule has 0 radical (unpaired) electrons. The Morgan fingerprint density at radius 1 is 1.22 bits per heavy atom. The number of benzene rings is 1. The Bertz CT molecular complexity index is 1030. The van der Waals surface area contributed by atoms with Crippen molar-refractivity contribution in [2.75, 3.05) is 0 Å². The fourth-order valence-corrected chi connectivity index (χ4v) is 5.75. The summed E-state index contributed by atoms with van der Waals surface area (Å²) in [6, 6.07) is 11.2. The Labute approximate surface area is 163 Å². The maximum Gasteiger partial charge on any atom is 0.250 e. The zero-order chi connectivity index (χ0) is 18.9. The smallest absolute Gasteiger partial charge is 0.250 e. The second kappa shape index (κ2) is 7.58. The molecule has 1 aliphatic carbocycles. The standard InChI is InChI=1S/C20H22N2O3S2/c1-14-5-4-6-15(11-14)12-22-27(23,24)19-10-9-18(26-19)17-13-21-20(25-17)16-7-2-3-8-16/h4-6,9-11,13,16,22H,2-3,7-8,12H2,1H3. The highest BCUT2D eigenvalue weighted by atomic mass is 32.2. The number of nitrogens with zero attached hydrogens (tertiary/aromatic N) is 1. The van der Waals surface area contributed by atoms with Gasteiger partial charge in [0, 0.05) is 12.5 Å². The van der Waals surface area contributed by atoms with Gasteiger partial charge in [-0.05, 0) is 37.5 Å². The molecule has 0 amide bonds. The quantitative estimate of drug-likeness (QED) is 0.640. The van der Waals surface area contributed by atoms with E-state index in [9.17, 15) is 8.42 Å². The normalized spacial score (nSPS) is 15.4. The first-order valence-electron chi connectivity index (χ1n) is 9.12. The summed E-state index contributed by atoms with van der Waals surface area (Å²) >= 11 is 1.20. The average Bonchev–Trinajstić information content (AvgIpc) is 3.40. The van der Waals surface area contributed by atoms with Crippen LogP contribution >= 0.6 is 11.3 Å². The van der Waals surface area contributed by atoms with Gasteiger partial charge in [-0.1, -0.05) is 42.7 Å². The van der Waals surface area contributed by atoms with Crippen molar-refractivity contribution in [2.24, 2.45) is 0 Å². The van der Waals surface area contributed by atoms with Gasteiger partial charge in [0.1, 0.15) is 4.21 Å². The molecular weight excluding hydrogens is 380 g/mol. The summed E-state index contributed by atoms with van der Waals surface area (Å²) < 4.78 is 34.1. The van der Waals surface area contributed by atoms with Gasteiger partial charge in [-0.25, -0.2) is 18.1 Å². The van der Waals surface area contributed by atoms with E-state index in [2.05, 4.69) is 9.71 Å². The molecule has 0 saturated heterocycles. The van der Waals surface area contributed by atoms with E-state index in [0.29, 0.717) is 11.7 Å². The van der Waals surface area contributed by atoms with Crippen LogP contribution in [0.5, 0.6) is 0 Å². The topological polar surface area (TPSA) is 72.2 Å². The largest absolute Gasteiger partial charge is 0.440 e. The molecule has 2 heterocycles. The van der Waals surface area contributed by atoms with Gasteiger partial charge >= 0.3 is 0 Å². The van der Waals surface area contributed by atoms with Crippen molar-refractivity contribution in [1.82, 2.24) is 9.71 Å². The minimum atomic E-state index is -3.56. The SMILES string of the molecule is Cc1cccc(CNS(=O)(=O)c2ccc(-c3cnc(C4CCCC4)o3)s2)c1. The van der Waals surface area contributed by atoms with Crippen LogP contribution in [-0.2, 0) is 16.6 Å². The lowest BCUT2D eigenvalue weighted by Crippen LogP contribution is -2.22. The third-order valence-corrected chi connectivity index (χ3v) is 7.86. The maximum absolute atomic E-state index is 12.6. The van der Waals surface area contributed by atoms with E-state index in [1.165, 1.54) is 24.2 Å². The molecule has 1 N–H and O–H groups in total. The molecule has 1 aromatic carbocycles. The molecule has 3 aromatic rings. The first kappa shape index (κ1) is 18.4. The van der Waals surface area contributed by atoms with Crippen LogP contribution in [0.2, 0.25) is 0 Å². The fraction of sp³-hybridized carbons (Fsp3) is 0.350. The van der Waals surface area contributed by atoms with Gasteiger partial charge in [-0.2, -0.15) is 0 Å². The molecule has 142 valence electrons. The summed E-state index contributed by atoms with van der Waals surface area (Å²) in [5, 5.41) is 0. The van der Waals surface area contributed by atoms with Gasteiger partial charge in [0.2, 0.25) is 10.0 Å². The Morgan fingerprint density at radius 2 is 2.04 bits per heavy atom. The molecule has 27 heavy (non-hydrogen) atoms. The van der Waals surface area contributed by atoms with Crippen molar-refractivity contribution >= 4 is 21.4 Å². The molecule has 4 rings (SSSR count). The number of thiophene rings is 1. The first-order chi connectivity index (χ1) is 13.0. The van der Waals surface area contributed by atoms with Crippen molar-refractivity contribution in [1.29, 1.82) is 0 Å². The van der Waals surface area contributed by atoms with Gasteiger partial charge in [0.25, 0.3) is 0 Å². The monoisotopic (exact) mass is 402 g/mol. The van der Waals surface area contributed by atoms with Crippen LogP contribution in [0.25, 0.3) is 10.6 Å². The number of aryl methyl sites for hydroxylation is 1. The maximum atomic E-state index is 12.6. The summed E-state index contributed by atoms with van der Waals surface area (Å²) in [4.78, 5) is 5.19. The summed E-state index contributed by atoms with van der Waals surface area (Å²) in [5.74, 6) is 1.82. The van der Waals surface area contributed by atoms with E-state index in [1.54, 1.807) is 18.3 Å². The molecule has 2 aromatic heterocycles. The van der Waals surface area contributed by atoms with Crippen molar-refractivity contribution in [3.63, 3.8) is 0 Å². The fourth-order valence-electron chi connectivity index (χ4n) is 3.43. The van der Waals surface area contributed by atoms with Crippen LogP contribution in [0.15, 0.2) is 51.2 Å². The van der Waals surface area contributed by atoms with Crippen LogP contribution in [0.3, 0.4) is 0 Å². The predicted octanol–water partition coefficient (Wildman–Crippen LogP) is 4.85. The van der Waals surface area contributed by atoms with Crippen LogP contribution < -0.4 is 4.72 Å². The molecule has 1 aliphatic rings. The molecule has 0 spiro atoms. The van der Waals surface area contributed by atoms with Crippen molar-refractivity contribution in [3.8, 4) is 10.6 Å². The highest BCUT2D eigenvalue weighted by Gasteiger charge is 2.23. The Morgan fingerprint density at radius 3 is 2.81 bits per heavy atom. The number of aromatic nitrogens is 1. The van der Waals surface area contributed by atoms with E-state index in [1.807, 2.05) is 31.2 Å². The van der Waals surface area contributed by atoms with E-state index in [0.717, 1.165) is 34.7 Å². The van der Waals surface area contributed by atoms with E-state index in [4.69, 9.17) is 4.42 Å². The van der Waals surface area contributed by atoms with Crippen LogP contribution in [0.4, 0.5) is 0 Å². The van der Waals surface area contributed by atoms with Gasteiger partial charge < -0.3 is 4.42 Å². The highest BCUT2D eigenvalue weighted by molar-refractivity contribution is 7.91. The molecule has 0 atom stereocenters. The Hall–Kier alpha value is -1.96. The van der Waals surface area contributed by atoms with E-state index >= 15 is 0 Å². The van der Waals surface area contributed by atoms with Gasteiger partial charge in [-0.15, -0.1) is 11.3 Å². The highest BCUT2D eigenvalue weighted by Crippen LogP contribution is 2.37. The first-order valence-corrected chi connectivity index (χ1v) is 11.4. The van der Waals surface area contributed by atoms with Crippen LogP contribution in [0.1, 0.15) is 48.6 Å². The lowest BCUT2D eigenvalue weighted by atomic mass is 10.1. The predicted molar refractivity (Wildman–Crippen MR) is 106 cm³/mol. The van der Waals surface area contributed by atoms with E-state index in [-0.39, 0.29) is 10.8 Å². The lowest BCUT2D eigenvalue weighted by molar-refractivity contribution is 0.458. The second-order valence-electron chi connectivity index (χ2n) is 6.98. The molecule has 0 aliphatic heterocycles. The zero-order valence-electron chi connectivity index (χ0n) is 15.1. The molecule has 7 heteroatoms. The van der Waals surface area contributed by atoms with Crippen LogP contribution in [-0.4, -0.2) is 13.4 Å². The van der Waals surface area contributed by atoms with Gasteiger partial charge in [0.15, 0.2) is 11.7 Å². The Kier molecular flexibility index (Phi) is 5.16. The minimum absolute atomic E-state index is 0.269. The number of nitrogens with one attached hydrogen (secondary N) is 1. The third-order valence-electron chi connectivity index (χ3n) is 4.87. The number of rotatable bonds is 6. The minimum Gasteiger partial charge on any atom is -0.440 e. The van der Waals surface area contributed by atoms with E-state index < -0.39 is 10.0 Å². The molecule has 1 saturated carbocycles. The zero-order valence-corrected chi connectivity index (χ0v) is 16.8. The number of oxazole rings is 1. The summed E-state index contributed by atoms with van der Waals surface area (Å²) in [5.41, 5.74) is 2.04. The molecule has 1 fully saturated rings. The van der Waals surface area contributed by atoms with Crippen molar-refractivity contribution in [3.05, 3.63) is 59.6 Å². The summed E-state index contributed by atoms with van der Waals surface area (Å²) in [6.07, 6.45) is 6.38. The number of sulfonamides is 1. The molecule has 0 bridgehead atoms. The number of hydrogen-bond donors (Lipinski definition) is 1. The second-order valence-corrected chi connectivity index (χ2v) is 10.1. The molecule has 0 unspecified atom stereocenters. The average molecular weight is 403 g/mol. The molecular formula is C20H22N2O3S2. The summed E-state index contributed by atoms with van der Waals surface area (Å²) in [7, 11) is -3.56. The van der Waals surface area contributed by atoms with Crippen molar-refractivity contribution in [2.45, 2.75) is 49.3 Å². The summed E-state index contributed by atoms with van der Waals surface area (Å²) in [6.45, 7) is 2.26. The van der Waals surface area contributed by atoms with Gasteiger partial charge in [0.05, 0.1) is 11.1 Å². The lowest BCUT2D eigenvalue weighted by Gasteiger charge is -2.05. The number of hydrogen-bond acceptors (Lipinski definition) is 5. The van der Waals surface area contributed by atoms with Crippen LogP contribution in [0, 0.1) is 6.92 Å².